The second-order valence-corrected chi connectivity index (χ2v) is 6.06. The summed E-state index contributed by atoms with van der Waals surface area (Å²) in [5.41, 5.74) is 5.66. The maximum Gasteiger partial charge on any atom is 0.240 e. The molecule has 1 aromatic carbocycles. The molecule has 25 heavy (non-hydrogen) atoms. The second kappa shape index (κ2) is 8.29. The van der Waals surface area contributed by atoms with E-state index in [1.54, 1.807) is 13.3 Å². The van der Waals surface area contributed by atoms with Crippen molar-refractivity contribution in [3.8, 4) is 5.75 Å². The van der Waals surface area contributed by atoms with Crippen molar-refractivity contribution in [1.29, 1.82) is 0 Å². The molecule has 0 atom stereocenters. The number of H-pyrrole nitrogens is 1. The van der Waals surface area contributed by atoms with Crippen molar-refractivity contribution in [2.24, 2.45) is 5.10 Å². The normalized spacial score (nSPS) is 11.4. The van der Waals surface area contributed by atoms with E-state index in [4.69, 9.17) is 4.74 Å². The number of aromatic amines is 1. The van der Waals surface area contributed by atoms with Crippen LogP contribution in [0.5, 0.6) is 5.75 Å². The summed E-state index contributed by atoms with van der Waals surface area (Å²) < 4.78 is 5.22. The number of anilines is 1. The summed E-state index contributed by atoms with van der Waals surface area (Å²) >= 11 is 1.51. The minimum atomic E-state index is 0.491. The van der Waals surface area contributed by atoms with Crippen molar-refractivity contribution in [2.75, 3.05) is 12.5 Å². The minimum absolute atomic E-state index is 0.491. The fourth-order valence-corrected chi connectivity index (χ4v) is 2.75. The van der Waals surface area contributed by atoms with Gasteiger partial charge >= 0.3 is 0 Å². The van der Waals surface area contributed by atoms with E-state index in [9.17, 15) is 0 Å². The Morgan fingerprint density at radius 1 is 1.28 bits per heavy atom. The van der Waals surface area contributed by atoms with Gasteiger partial charge in [-0.3, -0.25) is 4.98 Å². The van der Waals surface area contributed by atoms with Gasteiger partial charge in [0.15, 0.2) is 0 Å². The molecule has 3 aromatic rings. The molecular weight excluding hydrogens is 336 g/mol. The Labute approximate surface area is 149 Å². The maximum atomic E-state index is 5.22. The number of aromatic nitrogens is 4. The van der Waals surface area contributed by atoms with Gasteiger partial charge in [-0.2, -0.15) is 10.1 Å². The summed E-state index contributed by atoms with van der Waals surface area (Å²) in [6.45, 7) is 1.91. The molecule has 128 valence electrons. The average molecular weight is 354 g/mol. The van der Waals surface area contributed by atoms with Crippen LogP contribution >= 0.6 is 11.8 Å². The lowest BCUT2D eigenvalue weighted by Gasteiger charge is -2.04. The van der Waals surface area contributed by atoms with E-state index in [2.05, 4.69) is 30.7 Å². The number of pyridine rings is 1. The van der Waals surface area contributed by atoms with E-state index in [1.165, 1.54) is 11.8 Å². The van der Waals surface area contributed by atoms with Crippen molar-refractivity contribution < 1.29 is 4.74 Å². The first-order valence-electron chi connectivity index (χ1n) is 7.64. The van der Waals surface area contributed by atoms with Gasteiger partial charge in [0, 0.05) is 17.5 Å². The van der Waals surface area contributed by atoms with Gasteiger partial charge in [-0.15, -0.1) is 5.10 Å². The van der Waals surface area contributed by atoms with Crippen LogP contribution in [0.3, 0.4) is 0 Å². The Morgan fingerprint density at radius 3 is 3.00 bits per heavy atom. The van der Waals surface area contributed by atoms with E-state index >= 15 is 0 Å². The molecule has 2 heterocycles. The van der Waals surface area contributed by atoms with Crippen LogP contribution in [0.25, 0.3) is 0 Å². The Bertz CT molecular complexity index is 849. The average Bonchev–Trinajstić information content (AvgIpc) is 3.13. The third-order valence-electron chi connectivity index (χ3n) is 3.36. The molecule has 0 aliphatic carbocycles. The molecule has 0 fully saturated rings. The molecule has 0 saturated heterocycles. The van der Waals surface area contributed by atoms with E-state index in [0.29, 0.717) is 16.9 Å². The van der Waals surface area contributed by atoms with Crippen LogP contribution < -0.4 is 10.2 Å². The SMILES string of the molecule is COc1cccc(/C(C)=N/Nc2nc(SCc3ccccn3)n[nH]2)c1. The van der Waals surface area contributed by atoms with Crippen molar-refractivity contribution >= 4 is 23.4 Å². The summed E-state index contributed by atoms with van der Waals surface area (Å²) in [4.78, 5) is 8.62. The highest BCUT2D eigenvalue weighted by molar-refractivity contribution is 7.98. The largest absolute Gasteiger partial charge is 0.497 e. The van der Waals surface area contributed by atoms with Gasteiger partial charge in [0.1, 0.15) is 5.75 Å². The summed E-state index contributed by atoms with van der Waals surface area (Å²) in [6.07, 6.45) is 1.77. The van der Waals surface area contributed by atoms with E-state index in [1.807, 2.05) is 49.4 Å². The summed E-state index contributed by atoms with van der Waals surface area (Å²) in [7, 11) is 1.64. The maximum absolute atomic E-state index is 5.22. The fraction of sp³-hybridized carbons (Fsp3) is 0.176. The standard InChI is InChI=1S/C17H18N6OS/c1-12(13-6-5-8-15(10-13)24-2)20-21-16-19-17(23-22-16)25-11-14-7-3-4-9-18-14/h3-10H,11H2,1-2H3,(H2,19,21,22,23)/b20-12+. The Kier molecular flexibility index (Phi) is 5.63. The molecule has 0 spiro atoms. The van der Waals surface area contributed by atoms with E-state index in [0.717, 1.165) is 22.7 Å². The third-order valence-corrected chi connectivity index (χ3v) is 4.24. The van der Waals surface area contributed by atoms with Crippen LogP contribution in [0.1, 0.15) is 18.2 Å². The number of nitrogens with zero attached hydrogens (tertiary/aromatic N) is 4. The van der Waals surface area contributed by atoms with Crippen molar-refractivity contribution in [3.05, 3.63) is 59.9 Å². The zero-order valence-electron chi connectivity index (χ0n) is 13.9. The molecule has 3 rings (SSSR count). The molecule has 0 aliphatic heterocycles. The molecule has 0 amide bonds. The van der Waals surface area contributed by atoms with Crippen LogP contribution in [-0.2, 0) is 5.75 Å². The van der Waals surface area contributed by atoms with Gasteiger partial charge in [-0.1, -0.05) is 30.0 Å². The monoisotopic (exact) mass is 354 g/mol. The van der Waals surface area contributed by atoms with Gasteiger partial charge in [0.25, 0.3) is 0 Å². The second-order valence-electron chi connectivity index (χ2n) is 5.12. The van der Waals surface area contributed by atoms with Crippen LogP contribution in [-0.4, -0.2) is 33.0 Å². The van der Waals surface area contributed by atoms with Crippen molar-refractivity contribution in [3.63, 3.8) is 0 Å². The highest BCUT2D eigenvalue weighted by atomic mass is 32.2. The molecule has 0 unspecified atom stereocenters. The molecule has 0 aliphatic rings. The highest BCUT2D eigenvalue weighted by Gasteiger charge is 2.05. The lowest BCUT2D eigenvalue weighted by molar-refractivity contribution is 0.414. The summed E-state index contributed by atoms with van der Waals surface area (Å²) in [6, 6.07) is 13.5. The quantitative estimate of drug-likeness (QED) is 0.384. The first-order chi connectivity index (χ1) is 12.2. The predicted molar refractivity (Wildman–Crippen MR) is 99.0 cm³/mol. The first-order valence-corrected chi connectivity index (χ1v) is 8.63. The first kappa shape index (κ1) is 17.0. The third kappa shape index (κ3) is 4.80. The number of ether oxygens (including phenoxy) is 1. The molecule has 0 radical (unpaired) electrons. The van der Waals surface area contributed by atoms with Crippen LogP contribution in [0.15, 0.2) is 58.9 Å². The van der Waals surface area contributed by atoms with Gasteiger partial charge in [0.05, 0.1) is 18.5 Å². The molecule has 2 aromatic heterocycles. The number of nitrogens with one attached hydrogen (secondary N) is 2. The predicted octanol–water partition coefficient (Wildman–Crippen LogP) is 3.34. The number of rotatable bonds is 7. The molecule has 0 saturated carbocycles. The van der Waals surface area contributed by atoms with Crippen LogP contribution in [0, 0.1) is 0 Å². The Balaban J connectivity index is 1.59. The van der Waals surface area contributed by atoms with Gasteiger partial charge < -0.3 is 4.74 Å². The molecule has 0 bridgehead atoms. The smallest absolute Gasteiger partial charge is 0.240 e. The van der Waals surface area contributed by atoms with Gasteiger partial charge in [-0.25, -0.2) is 10.5 Å². The lowest BCUT2D eigenvalue weighted by Crippen LogP contribution is -2.01. The lowest BCUT2D eigenvalue weighted by atomic mass is 10.1. The van der Waals surface area contributed by atoms with Crippen molar-refractivity contribution in [2.45, 2.75) is 17.8 Å². The minimum Gasteiger partial charge on any atom is -0.497 e. The molecule has 7 nitrogen and oxygen atoms in total. The zero-order chi connectivity index (χ0) is 17.5. The molecule has 2 N–H and O–H groups in total. The van der Waals surface area contributed by atoms with E-state index in [-0.39, 0.29) is 0 Å². The van der Waals surface area contributed by atoms with E-state index < -0.39 is 0 Å². The zero-order valence-corrected chi connectivity index (χ0v) is 14.7. The highest BCUT2D eigenvalue weighted by Crippen LogP contribution is 2.18. The molecule has 8 heteroatoms. The summed E-state index contributed by atoms with van der Waals surface area (Å²) in [5.74, 6) is 2.00. The Morgan fingerprint density at radius 2 is 2.20 bits per heavy atom. The number of thioether (sulfide) groups is 1. The number of hydrogen-bond donors (Lipinski definition) is 2. The molecular formula is C17H18N6OS. The number of hydrogen-bond acceptors (Lipinski definition) is 7. The van der Waals surface area contributed by atoms with Crippen LogP contribution in [0.4, 0.5) is 5.95 Å². The number of hydrazone groups is 1. The van der Waals surface area contributed by atoms with Crippen molar-refractivity contribution in [1.82, 2.24) is 20.2 Å². The topological polar surface area (TPSA) is 88.1 Å². The summed E-state index contributed by atoms with van der Waals surface area (Å²) in [5, 5.41) is 12.0. The van der Waals surface area contributed by atoms with Crippen LogP contribution in [0.2, 0.25) is 0 Å². The number of benzene rings is 1. The Hall–Kier alpha value is -2.87. The van der Waals surface area contributed by atoms with Gasteiger partial charge in [0.2, 0.25) is 11.1 Å². The fourth-order valence-electron chi connectivity index (χ4n) is 2.03. The van der Waals surface area contributed by atoms with Gasteiger partial charge in [-0.05, 0) is 31.2 Å². The number of methoxy groups -OCH3 is 1.